The minimum Gasteiger partial charge on any atom is -0.380 e. The van der Waals surface area contributed by atoms with E-state index in [2.05, 4.69) is 18.7 Å². The van der Waals surface area contributed by atoms with Crippen LogP contribution in [0.4, 0.5) is 0 Å². The van der Waals surface area contributed by atoms with Crippen molar-refractivity contribution in [2.24, 2.45) is 11.7 Å². The Kier molecular flexibility index (Phi) is 3.65. The molecule has 0 aromatic carbocycles. The van der Waals surface area contributed by atoms with E-state index in [1.165, 1.54) is 19.4 Å². The predicted octanol–water partition coefficient (Wildman–Crippen LogP) is 1.22. The number of nitrogens with two attached hydrogens (primary N) is 1. The molecule has 0 amide bonds. The van der Waals surface area contributed by atoms with Crippen LogP contribution in [0.5, 0.6) is 0 Å². The van der Waals surface area contributed by atoms with E-state index in [1.807, 2.05) is 0 Å². The van der Waals surface area contributed by atoms with Gasteiger partial charge >= 0.3 is 0 Å². The fourth-order valence-corrected chi connectivity index (χ4v) is 3.02. The summed E-state index contributed by atoms with van der Waals surface area (Å²) in [4.78, 5) is 2.61. The third kappa shape index (κ3) is 2.35. The number of nitrogens with zero attached hydrogens (tertiary/aromatic N) is 1. The van der Waals surface area contributed by atoms with Crippen molar-refractivity contribution in [1.29, 1.82) is 0 Å². The molecule has 0 aliphatic carbocycles. The van der Waals surface area contributed by atoms with E-state index in [4.69, 9.17) is 10.5 Å². The van der Waals surface area contributed by atoms with Gasteiger partial charge in [0.05, 0.1) is 6.61 Å². The van der Waals surface area contributed by atoms with Crippen LogP contribution >= 0.6 is 0 Å². The van der Waals surface area contributed by atoms with Crippen LogP contribution in [0.3, 0.4) is 0 Å². The lowest BCUT2D eigenvalue weighted by molar-refractivity contribution is -0.00555. The molecule has 0 aromatic rings. The van der Waals surface area contributed by atoms with Crippen LogP contribution < -0.4 is 5.73 Å². The summed E-state index contributed by atoms with van der Waals surface area (Å²) in [5.74, 6) is 0.738. The summed E-state index contributed by atoms with van der Waals surface area (Å²) in [7, 11) is 0. The molecule has 2 fully saturated rings. The second-order valence-electron chi connectivity index (χ2n) is 5.29. The molecule has 0 aromatic heterocycles. The van der Waals surface area contributed by atoms with Gasteiger partial charge in [-0.15, -0.1) is 0 Å². The average Bonchev–Trinajstić information content (AvgIpc) is 2.67. The molecule has 2 heterocycles. The van der Waals surface area contributed by atoms with Gasteiger partial charge in [-0.05, 0) is 31.7 Å². The Labute approximate surface area is 93.0 Å². The van der Waals surface area contributed by atoms with Gasteiger partial charge < -0.3 is 10.5 Å². The zero-order valence-corrected chi connectivity index (χ0v) is 9.98. The Bertz CT molecular complexity index is 208. The van der Waals surface area contributed by atoms with Crippen molar-refractivity contribution in [2.45, 2.75) is 51.2 Å². The van der Waals surface area contributed by atoms with Crippen molar-refractivity contribution in [1.82, 2.24) is 4.90 Å². The largest absolute Gasteiger partial charge is 0.380 e. The zero-order valence-electron chi connectivity index (χ0n) is 9.98. The van der Waals surface area contributed by atoms with Gasteiger partial charge in [-0.25, -0.2) is 0 Å². The van der Waals surface area contributed by atoms with Crippen LogP contribution in [0, 0.1) is 5.92 Å². The first kappa shape index (κ1) is 11.4. The molecule has 2 aliphatic heterocycles. The van der Waals surface area contributed by atoms with Crippen molar-refractivity contribution in [3.8, 4) is 0 Å². The summed E-state index contributed by atoms with van der Waals surface area (Å²) in [6.07, 6.45) is 3.68. The monoisotopic (exact) mass is 212 g/mol. The molecule has 2 rings (SSSR count). The van der Waals surface area contributed by atoms with Crippen LogP contribution in [0.2, 0.25) is 0 Å². The maximum Gasteiger partial charge on any atom is 0.0637 e. The first-order chi connectivity index (χ1) is 7.20. The van der Waals surface area contributed by atoms with Crippen molar-refractivity contribution in [3.05, 3.63) is 0 Å². The molecule has 0 saturated carbocycles. The van der Waals surface area contributed by atoms with Gasteiger partial charge in [0.25, 0.3) is 0 Å². The molecule has 2 aliphatic rings. The van der Waals surface area contributed by atoms with Crippen LogP contribution in [-0.2, 0) is 4.74 Å². The highest BCUT2D eigenvalue weighted by molar-refractivity contribution is 4.92. The van der Waals surface area contributed by atoms with E-state index >= 15 is 0 Å². The molecule has 88 valence electrons. The quantitative estimate of drug-likeness (QED) is 0.748. The first-order valence-electron chi connectivity index (χ1n) is 6.29. The fraction of sp³-hybridized carbons (Fsp3) is 1.00. The number of likely N-dealkylation sites (tertiary alicyclic amines) is 1. The van der Waals surface area contributed by atoms with Gasteiger partial charge in [-0.3, -0.25) is 4.90 Å². The number of hydrogen-bond acceptors (Lipinski definition) is 3. The van der Waals surface area contributed by atoms with E-state index in [1.54, 1.807) is 0 Å². The van der Waals surface area contributed by atoms with Crippen molar-refractivity contribution >= 4 is 0 Å². The predicted molar refractivity (Wildman–Crippen MR) is 61.8 cm³/mol. The maximum absolute atomic E-state index is 6.20. The Morgan fingerprint density at radius 3 is 2.80 bits per heavy atom. The first-order valence-corrected chi connectivity index (χ1v) is 6.29. The van der Waals surface area contributed by atoms with Crippen molar-refractivity contribution in [2.75, 3.05) is 19.8 Å². The van der Waals surface area contributed by atoms with Gasteiger partial charge in [0.1, 0.15) is 0 Å². The fourth-order valence-electron chi connectivity index (χ4n) is 3.02. The Balaban J connectivity index is 2.01. The highest BCUT2D eigenvalue weighted by atomic mass is 16.5. The topological polar surface area (TPSA) is 38.5 Å². The summed E-state index contributed by atoms with van der Waals surface area (Å²) in [5, 5.41) is 0. The van der Waals surface area contributed by atoms with Gasteiger partial charge in [0, 0.05) is 24.7 Å². The summed E-state index contributed by atoms with van der Waals surface area (Å²) in [6, 6.07) is 1.51. The number of ether oxygens (including phenoxy) is 1. The minimum absolute atomic E-state index is 0.318. The Hall–Kier alpha value is -0.120. The van der Waals surface area contributed by atoms with E-state index in [0.29, 0.717) is 12.1 Å². The molecule has 2 saturated heterocycles. The lowest BCUT2D eigenvalue weighted by atomic mass is 9.97. The van der Waals surface area contributed by atoms with E-state index in [-0.39, 0.29) is 0 Å². The molecule has 3 atom stereocenters. The summed E-state index contributed by atoms with van der Waals surface area (Å²) < 4.78 is 5.57. The summed E-state index contributed by atoms with van der Waals surface area (Å²) in [5.41, 5.74) is 6.20. The smallest absolute Gasteiger partial charge is 0.0637 e. The normalized spacial score (nSPS) is 38.8. The minimum atomic E-state index is 0.318. The SMILES string of the molecule is CC(C)C1CCCN1C1COCCC1N. The summed E-state index contributed by atoms with van der Waals surface area (Å²) >= 11 is 0. The third-order valence-electron chi connectivity index (χ3n) is 3.92. The van der Waals surface area contributed by atoms with Crippen LogP contribution in [0.15, 0.2) is 0 Å². The van der Waals surface area contributed by atoms with Gasteiger partial charge in [0.2, 0.25) is 0 Å². The molecule has 3 unspecified atom stereocenters. The maximum atomic E-state index is 6.20. The van der Waals surface area contributed by atoms with Gasteiger partial charge in [-0.2, -0.15) is 0 Å². The molecule has 0 spiro atoms. The molecule has 0 radical (unpaired) electrons. The molecule has 15 heavy (non-hydrogen) atoms. The average molecular weight is 212 g/mol. The van der Waals surface area contributed by atoms with Gasteiger partial charge in [-0.1, -0.05) is 13.8 Å². The van der Waals surface area contributed by atoms with Crippen molar-refractivity contribution < 1.29 is 4.74 Å². The Morgan fingerprint density at radius 1 is 1.33 bits per heavy atom. The zero-order chi connectivity index (χ0) is 10.8. The standard InChI is InChI=1S/C12H24N2O/c1-9(2)11-4-3-6-14(11)12-8-15-7-5-10(12)13/h9-12H,3-8,13H2,1-2H3. The molecule has 3 heteroatoms. The van der Waals surface area contributed by atoms with Crippen LogP contribution in [0.1, 0.15) is 33.1 Å². The molecule has 0 bridgehead atoms. The lowest BCUT2D eigenvalue weighted by Gasteiger charge is -2.40. The number of rotatable bonds is 2. The Morgan fingerprint density at radius 2 is 2.13 bits per heavy atom. The second-order valence-corrected chi connectivity index (χ2v) is 5.29. The molecular weight excluding hydrogens is 188 g/mol. The lowest BCUT2D eigenvalue weighted by Crippen LogP contribution is -2.55. The summed E-state index contributed by atoms with van der Waals surface area (Å²) in [6.45, 7) is 7.53. The molecular formula is C12H24N2O. The van der Waals surface area contributed by atoms with Crippen molar-refractivity contribution in [3.63, 3.8) is 0 Å². The van der Waals surface area contributed by atoms with E-state index < -0.39 is 0 Å². The highest BCUT2D eigenvalue weighted by Crippen LogP contribution is 2.28. The van der Waals surface area contributed by atoms with Crippen LogP contribution in [-0.4, -0.2) is 42.8 Å². The highest BCUT2D eigenvalue weighted by Gasteiger charge is 2.36. The second kappa shape index (κ2) is 4.81. The molecule has 3 nitrogen and oxygen atoms in total. The van der Waals surface area contributed by atoms with E-state index in [9.17, 15) is 0 Å². The van der Waals surface area contributed by atoms with Gasteiger partial charge in [0.15, 0.2) is 0 Å². The molecule has 2 N–H and O–H groups in total. The third-order valence-corrected chi connectivity index (χ3v) is 3.92. The van der Waals surface area contributed by atoms with E-state index in [0.717, 1.165) is 31.6 Å². The number of hydrogen-bond donors (Lipinski definition) is 1. The van der Waals surface area contributed by atoms with Crippen LogP contribution in [0.25, 0.3) is 0 Å².